The summed E-state index contributed by atoms with van der Waals surface area (Å²) < 4.78 is 25.1. The number of benzene rings is 1. The van der Waals surface area contributed by atoms with Gasteiger partial charge in [0.2, 0.25) is 0 Å². The van der Waals surface area contributed by atoms with Crippen molar-refractivity contribution < 1.29 is 8.78 Å². The van der Waals surface area contributed by atoms with Gasteiger partial charge in [-0.05, 0) is 23.1 Å². The molecule has 1 aromatic heterocycles. The topological polar surface area (TPSA) is 32.9 Å². The Morgan fingerprint density at radius 3 is 2.39 bits per heavy atom. The lowest BCUT2D eigenvalue weighted by atomic mass is 9.86. The van der Waals surface area contributed by atoms with Crippen LogP contribution in [0.5, 0.6) is 0 Å². The zero-order valence-electron chi connectivity index (χ0n) is 10.6. The van der Waals surface area contributed by atoms with Gasteiger partial charge in [0, 0.05) is 17.0 Å². The van der Waals surface area contributed by atoms with Gasteiger partial charge in [0.15, 0.2) is 5.43 Å². The van der Waals surface area contributed by atoms with E-state index in [0.717, 1.165) is 11.6 Å². The van der Waals surface area contributed by atoms with Crippen molar-refractivity contribution in [2.75, 3.05) is 0 Å². The van der Waals surface area contributed by atoms with Crippen LogP contribution in [0.2, 0.25) is 0 Å². The maximum Gasteiger partial charge on any atom is 0.278 e. The molecule has 0 aliphatic rings. The molecule has 0 aliphatic heterocycles. The molecule has 0 radical (unpaired) electrons. The molecule has 0 unspecified atom stereocenters. The number of hydrogen-bond donors (Lipinski definition) is 1. The minimum atomic E-state index is -2.66. The van der Waals surface area contributed by atoms with Crippen molar-refractivity contribution in [1.82, 2.24) is 4.98 Å². The molecule has 2 aromatic rings. The molecule has 1 heterocycles. The molecule has 1 aromatic carbocycles. The first-order chi connectivity index (χ1) is 8.29. The van der Waals surface area contributed by atoms with E-state index in [-0.39, 0.29) is 16.5 Å². The Bertz CT molecular complexity index is 638. The van der Waals surface area contributed by atoms with Gasteiger partial charge in [0.1, 0.15) is 0 Å². The van der Waals surface area contributed by atoms with E-state index in [9.17, 15) is 13.6 Å². The number of pyridine rings is 1. The second-order valence-corrected chi connectivity index (χ2v) is 5.40. The number of aromatic amines is 1. The van der Waals surface area contributed by atoms with Crippen molar-refractivity contribution in [2.45, 2.75) is 32.6 Å². The smallest absolute Gasteiger partial charge is 0.278 e. The highest BCUT2D eigenvalue weighted by molar-refractivity contribution is 5.79. The van der Waals surface area contributed by atoms with Gasteiger partial charge in [0.05, 0.1) is 5.69 Å². The van der Waals surface area contributed by atoms with Gasteiger partial charge in [0.25, 0.3) is 6.43 Å². The summed E-state index contributed by atoms with van der Waals surface area (Å²) in [4.78, 5) is 14.4. The highest BCUT2D eigenvalue weighted by Crippen LogP contribution is 2.25. The Kier molecular flexibility index (Phi) is 2.97. The van der Waals surface area contributed by atoms with Gasteiger partial charge in [-0.15, -0.1) is 0 Å². The Morgan fingerprint density at radius 1 is 1.17 bits per heavy atom. The second-order valence-electron chi connectivity index (χ2n) is 5.40. The van der Waals surface area contributed by atoms with Crippen LogP contribution in [0.1, 0.15) is 38.5 Å². The summed E-state index contributed by atoms with van der Waals surface area (Å²) in [5.74, 6) is 0. The molecule has 0 bridgehead atoms. The fraction of sp³-hybridized carbons (Fsp3) is 0.357. The highest BCUT2D eigenvalue weighted by atomic mass is 19.3. The minimum Gasteiger partial charge on any atom is -0.354 e. The molecule has 2 rings (SSSR count). The fourth-order valence-corrected chi connectivity index (χ4v) is 1.85. The molecule has 0 saturated carbocycles. The van der Waals surface area contributed by atoms with E-state index < -0.39 is 6.43 Å². The average molecular weight is 251 g/mol. The van der Waals surface area contributed by atoms with Crippen molar-refractivity contribution in [3.05, 3.63) is 45.7 Å². The van der Waals surface area contributed by atoms with Crippen LogP contribution in [0, 0.1) is 0 Å². The Hall–Kier alpha value is -1.71. The summed E-state index contributed by atoms with van der Waals surface area (Å²) in [6.45, 7) is 6.11. The van der Waals surface area contributed by atoms with E-state index in [0.29, 0.717) is 10.9 Å². The minimum absolute atomic E-state index is 0.0813. The van der Waals surface area contributed by atoms with Crippen molar-refractivity contribution in [2.24, 2.45) is 0 Å². The van der Waals surface area contributed by atoms with Crippen LogP contribution in [0.15, 0.2) is 29.1 Å². The normalized spacial score (nSPS) is 12.3. The second kappa shape index (κ2) is 4.19. The third-order valence-electron chi connectivity index (χ3n) is 2.95. The first-order valence-corrected chi connectivity index (χ1v) is 5.74. The van der Waals surface area contributed by atoms with Crippen LogP contribution in [-0.4, -0.2) is 4.98 Å². The molecule has 96 valence electrons. The largest absolute Gasteiger partial charge is 0.354 e. The molecule has 0 amide bonds. The predicted molar refractivity (Wildman–Crippen MR) is 68.2 cm³/mol. The molecule has 0 atom stereocenters. The van der Waals surface area contributed by atoms with Gasteiger partial charge in [-0.3, -0.25) is 4.79 Å². The van der Waals surface area contributed by atoms with Crippen LogP contribution in [0.3, 0.4) is 0 Å². The fourth-order valence-electron chi connectivity index (χ4n) is 1.85. The summed E-state index contributed by atoms with van der Waals surface area (Å²) in [5.41, 5.74) is 0.666. The molecule has 0 fully saturated rings. The standard InChI is InChI=1S/C14H15F2NO/c1-14(2,3)8-4-5-10-9(6-8)12(18)7-11(17-10)13(15)16/h4-7,13H,1-3H3,(H,17,18). The zero-order chi connectivity index (χ0) is 13.5. The van der Waals surface area contributed by atoms with Crippen molar-refractivity contribution in [3.63, 3.8) is 0 Å². The molecular formula is C14H15F2NO. The van der Waals surface area contributed by atoms with E-state index in [2.05, 4.69) is 4.98 Å². The van der Waals surface area contributed by atoms with E-state index in [1.165, 1.54) is 0 Å². The quantitative estimate of drug-likeness (QED) is 0.822. The lowest BCUT2D eigenvalue weighted by molar-refractivity contribution is 0.146. The van der Waals surface area contributed by atoms with E-state index in [1.807, 2.05) is 26.8 Å². The SMILES string of the molecule is CC(C)(C)c1ccc2[nH]c(C(F)F)cc(=O)c2c1. The van der Waals surface area contributed by atoms with Crippen LogP contribution in [0.25, 0.3) is 10.9 Å². The average Bonchev–Trinajstić information content (AvgIpc) is 2.27. The molecule has 18 heavy (non-hydrogen) atoms. The van der Waals surface area contributed by atoms with Crippen molar-refractivity contribution in [3.8, 4) is 0 Å². The first-order valence-electron chi connectivity index (χ1n) is 5.74. The van der Waals surface area contributed by atoms with Crippen molar-refractivity contribution >= 4 is 10.9 Å². The first kappa shape index (κ1) is 12.7. The molecule has 0 saturated heterocycles. The Balaban J connectivity index is 2.70. The number of hydrogen-bond acceptors (Lipinski definition) is 1. The number of fused-ring (bicyclic) bond motifs is 1. The van der Waals surface area contributed by atoms with E-state index >= 15 is 0 Å². The summed E-state index contributed by atoms with van der Waals surface area (Å²) >= 11 is 0. The molecule has 2 nitrogen and oxygen atoms in total. The molecular weight excluding hydrogens is 236 g/mol. The van der Waals surface area contributed by atoms with Crippen LogP contribution in [0.4, 0.5) is 8.78 Å². The summed E-state index contributed by atoms with van der Waals surface area (Å²) in [6.07, 6.45) is -2.66. The summed E-state index contributed by atoms with van der Waals surface area (Å²) in [6, 6.07) is 6.28. The lowest BCUT2D eigenvalue weighted by Crippen LogP contribution is -2.13. The van der Waals surface area contributed by atoms with Gasteiger partial charge in [-0.1, -0.05) is 26.8 Å². The molecule has 1 N–H and O–H groups in total. The number of H-pyrrole nitrogens is 1. The van der Waals surface area contributed by atoms with Crippen LogP contribution in [-0.2, 0) is 5.41 Å². The third-order valence-corrected chi connectivity index (χ3v) is 2.95. The van der Waals surface area contributed by atoms with Gasteiger partial charge in [-0.2, -0.15) is 0 Å². The Morgan fingerprint density at radius 2 is 1.83 bits per heavy atom. The molecule has 0 spiro atoms. The van der Waals surface area contributed by atoms with Gasteiger partial charge < -0.3 is 4.98 Å². The third kappa shape index (κ3) is 2.28. The maximum atomic E-state index is 12.6. The monoisotopic (exact) mass is 251 g/mol. The van der Waals surface area contributed by atoms with E-state index in [4.69, 9.17) is 0 Å². The number of nitrogens with one attached hydrogen (secondary N) is 1. The van der Waals surface area contributed by atoms with Crippen LogP contribution < -0.4 is 5.43 Å². The Labute approximate surface area is 104 Å². The zero-order valence-corrected chi connectivity index (χ0v) is 10.6. The van der Waals surface area contributed by atoms with E-state index in [1.54, 1.807) is 12.1 Å². The summed E-state index contributed by atoms with van der Waals surface area (Å²) in [5, 5.41) is 0.451. The molecule has 0 aliphatic carbocycles. The highest BCUT2D eigenvalue weighted by Gasteiger charge is 2.16. The lowest BCUT2D eigenvalue weighted by Gasteiger charge is -2.19. The predicted octanol–water partition coefficient (Wildman–Crippen LogP) is 3.76. The van der Waals surface area contributed by atoms with Gasteiger partial charge >= 0.3 is 0 Å². The number of rotatable bonds is 1. The molecule has 4 heteroatoms. The maximum absolute atomic E-state index is 12.6. The van der Waals surface area contributed by atoms with Crippen molar-refractivity contribution in [1.29, 1.82) is 0 Å². The number of aromatic nitrogens is 1. The number of halogens is 2. The summed E-state index contributed by atoms with van der Waals surface area (Å²) in [7, 11) is 0. The van der Waals surface area contributed by atoms with Gasteiger partial charge in [-0.25, -0.2) is 8.78 Å². The van der Waals surface area contributed by atoms with Crippen LogP contribution >= 0.6 is 0 Å². The number of alkyl halides is 2.